The Morgan fingerprint density at radius 3 is 2.64 bits per heavy atom. The lowest BCUT2D eigenvalue weighted by atomic mass is 10.2. The Hall–Kier alpha value is -1.28. The number of amides is 2. The molecular weight excluding hydrogens is 360 g/mol. The first-order valence-electron chi connectivity index (χ1n) is 8.39. The van der Waals surface area contributed by atoms with E-state index < -0.39 is 0 Å². The van der Waals surface area contributed by atoms with Crippen LogP contribution < -0.4 is 11.1 Å². The molecule has 0 saturated carbocycles. The molecule has 2 heterocycles. The Bertz CT molecular complexity index is 610. The molecule has 138 valence electrons. The van der Waals surface area contributed by atoms with Gasteiger partial charge < -0.3 is 16.0 Å². The average molecular weight is 385 g/mol. The van der Waals surface area contributed by atoms with Crippen molar-refractivity contribution in [2.75, 3.05) is 45.0 Å². The van der Waals surface area contributed by atoms with Crippen LogP contribution in [0.3, 0.4) is 0 Å². The maximum absolute atomic E-state index is 12.9. The zero-order valence-corrected chi connectivity index (χ0v) is 15.8. The van der Waals surface area contributed by atoms with Crippen LogP contribution >= 0.6 is 24.2 Å². The van der Waals surface area contributed by atoms with E-state index in [-0.39, 0.29) is 30.0 Å². The minimum Gasteiger partial charge on any atom is -0.369 e. The summed E-state index contributed by atoms with van der Waals surface area (Å²) in [5.74, 6) is -0.129. The van der Waals surface area contributed by atoms with E-state index in [1.54, 1.807) is 0 Å². The lowest BCUT2D eigenvalue weighted by Gasteiger charge is -2.32. The van der Waals surface area contributed by atoms with E-state index in [2.05, 4.69) is 10.2 Å². The van der Waals surface area contributed by atoms with Crippen LogP contribution in [0.25, 0.3) is 0 Å². The molecule has 1 aromatic carbocycles. The van der Waals surface area contributed by atoms with Crippen LogP contribution in [0.15, 0.2) is 29.2 Å². The van der Waals surface area contributed by atoms with Gasteiger partial charge in [-0.25, -0.2) is 0 Å². The van der Waals surface area contributed by atoms with Gasteiger partial charge in [0.05, 0.1) is 11.3 Å². The van der Waals surface area contributed by atoms with Crippen LogP contribution in [0.2, 0.25) is 0 Å². The summed E-state index contributed by atoms with van der Waals surface area (Å²) in [4.78, 5) is 29.2. The van der Waals surface area contributed by atoms with Gasteiger partial charge in [0.1, 0.15) is 0 Å². The highest BCUT2D eigenvalue weighted by Crippen LogP contribution is 2.26. The molecule has 1 unspecified atom stereocenters. The first kappa shape index (κ1) is 20.0. The minimum absolute atomic E-state index is 0. The molecule has 3 rings (SSSR count). The molecule has 0 bridgehead atoms. The zero-order valence-electron chi connectivity index (χ0n) is 14.1. The van der Waals surface area contributed by atoms with E-state index in [0.29, 0.717) is 11.6 Å². The number of nitrogens with zero attached hydrogens (tertiary/aromatic N) is 2. The number of carbonyl (C=O) groups excluding carboxylic acids is 2. The standard InChI is InChI=1S/C17H24N4O2S.ClH/c18-16(22)12-24-15-4-2-1-3-14(15)17(23)21-8-5-13(11-21)20-9-6-19-7-10-20;/h1-4,13,19H,5-12H2,(H2,18,22);1H. The van der Waals surface area contributed by atoms with E-state index in [1.165, 1.54) is 11.8 Å². The Balaban J connectivity index is 0.00000225. The van der Waals surface area contributed by atoms with Gasteiger partial charge in [-0.05, 0) is 18.6 Å². The Kier molecular flexibility index (Phi) is 7.56. The van der Waals surface area contributed by atoms with E-state index in [0.717, 1.165) is 50.6 Å². The summed E-state index contributed by atoms with van der Waals surface area (Å²) >= 11 is 1.33. The predicted octanol–water partition coefficient (Wildman–Crippen LogP) is 0.805. The number of rotatable bonds is 5. The Morgan fingerprint density at radius 1 is 1.20 bits per heavy atom. The van der Waals surface area contributed by atoms with E-state index in [9.17, 15) is 9.59 Å². The van der Waals surface area contributed by atoms with Crippen LogP contribution in [0.5, 0.6) is 0 Å². The van der Waals surface area contributed by atoms with Crippen molar-refractivity contribution in [1.29, 1.82) is 0 Å². The number of benzene rings is 1. The Labute approximate surface area is 158 Å². The molecule has 1 aromatic rings. The van der Waals surface area contributed by atoms with Crippen LogP contribution in [-0.4, -0.2) is 72.7 Å². The number of hydrogen-bond acceptors (Lipinski definition) is 5. The molecular formula is C17H25ClN4O2S. The molecule has 2 aliphatic rings. The number of halogens is 1. The summed E-state index contributed by atoms with van der Waals surface area (Å²) in [6, 6.07) is 7.93. The van der Waals surface area contributed by atoms with Crippen LogP contribution in [0, 0.1) is 0 Å². The van der Waals surface area contributed by atoms with Crippen LogP contribution in [-0.2, 0) is 4.79 Å². The largest absolute Gasteiger partial charge is 0.369 e. The van der Waals surface area contributed by atoms with Gasteiger partial charge in [0.25, 0.3) is 5.91 Å². The summed E-state index contributed by atoms with van der Waals surface area (Å²) in [5.41, 5.74) is 5.89. The predicted molar refractivity (Wildman–Crippen MR) is 102 cm³/mol. The molecule has 0 spiro atoms. The minimum atomic E-state index is -0.373. The molecule has 2 aliphatic heterocycles. The van der Waals surface area contributed by atoms with Crippen molar-refractivity contribution in [1.82, 2.24) is 15.1 Å². The fourth-order valence-corrected chi connectivity index (χ4v) is 4.14. The third-order valence-electron chi connectivity index (χ3n) is 4.61. The lowest BCUT2D eigenvalue weighted by Crippen LogP contribution is -2.49. The van der Waals surface area contributed by atoms with Crippen molar-refractivity contribution < 1.29 is 9.59 Å². The van der Waals surface area contributed by atoms with Gasteiger partial charge in [-0.1, -0.05) is 12.1 Å². The number of thioether (sulfide) groups is 1. The van der Waals surface area contributed by atoms with Gasteiger partial charge in [0, 0.05) is 50.2 Å². The van der Waals surface area contributed by atoms with E-state index >= 15 is 0 Å². The van der Waals surface area contributed by atoms with Gasteiger partial charge in [-0.2, -0.15) is 0 Å². The molecule has 2 saturated heterocycles. The molecule has 1 atom stereocenters. The summed E-state index contributed by atoms with van der Waals surface area (Å²) in [7, 11) is 0. The molecule has 2 amide bonds. The van der Waals surface area contributed by atoms with Crippen LogP contribution in [0.1, 0.15) is 16.8 Å². The number of piperazine rings is 1. The molecule has 3 N–H and O–H groups in total. The maximum atomic E-state index is 12.9. The fraction of sp³-hybridized carbons (Fsp3) is 0.529. The van der Waals surface area contributed by atoms with Crippen LogP contribution in [0.4, 0.5) is 0 Å². The average Bonchev–Trinajstić information content (AvgIpc) is 3.10. The topological polar surface area (TPSA) is 78.7 Å². The second-order valence-corrected chi connectivity index (χ2v) is 7.25. The second-order valence-electron chi connectivity index (χ2n) is 6.23. The third kappa shape index (κ3) is 5.10. The lowest BCUT2D eigenvalue weighted by molar-refractivity contribution is -0.115. The highest BCUT2D eigenvalue weighted by Gasteiger charge is 2.32. The van der Waals surface area contributed by atoms with Gasteiger partial charge >= 0.3 is 0 Å². The van der Waals surface area contributed by atoms with Gasteiger partial charge in [-0.3, -0.25) is 14.5 Å². The van der Waals surface area contributed by atoms with Gasteiger partial charge in [0.15, 0.2) is 0 Å². The number of likely N-dealkylation sites (tertiary alicyclic amines) is 1. The first-order valence-corrected chi connectivity index (χ1v) is 9.38. The maximum Gasteiger partial charge on any atom is 0.255 e. The quantitative estimate of drug-likeness (QED) is 0.734. The SMILES string of the molecule is Cl.NC(=O)CSc1ccccc1C(=O)N1CCC(N2CCNCC2)C1. The number of nitrogens with two attached hydrogens (primary N) is 1. The highest BCUT2D eigenvalue weighted by molar-refractivity contribution is 8.00. The fourth-order valence-electron chi connectivity index (χ4n) is 3.36. The van der Waals surface area contributed by atoms with Crippen molar-refractivity contribution in [2.24, 2.45) is 5.73 Å². The number of nitrogens with one attached hydrogen (secondary N) is 1. The van der Waals surface area contributed by atoms with Crippen molar-refractivity contribution in [3.8, 4) is 0 Å². The highest BCUT2D eigenvalue weighted by atomic mass is 35.5. The van der Waals surface area contributed by atoms with E-state index in [4.69, 9.17) is 5.73 Å². The number of primary amides is 1. The first-order chi connectivity index (χ1) is 11.6. The van der Waals surface area contributed by atoms with Crippen molar-refractivity contribution in [3.63, 3.8) is 0 Å². The second kappa shape index (κ2) is 9.43. The molecule has 0 aliphatic carbocycles. The smallest absolute Gasteiger partial charge is 0.255 e. The number of hydrogen-bond donors (Lipinski definition) is 2. The Morgan fingerprint density at radius 2 is 1.92 bits per heavy atom. The third-order valence-corrected chi connectivity index (χ3v) is 5.70. The van der Waals surface area contributed by atoms with Crippen molar-refractivity contribution >= 4 is 36.0 Å². The molecule has 0 aromatic heterocycles. The summed E-state index contributed by atoms with van der Waals surface area (Å²) in [5, 5.41) is 3.37. The molecule has 2 fully saturated rings. The molecule has 25 heavy (non-hydrogen) atoms. The molecule has 6 nitrogen and oxygen atoms in total. The summed E-state index contributed by atoms with van der Waals surface area (Å²) in [6.45, 7) is 5.74. The zero-order chi connectivity index (χ0) is 16.9. The van der Waals surface area contributed by atoms with E-state index in [1.807, 2.05) is 29.2 Å². The van der Waals surface area contributed by atoms with Crippen molar-refractivity contribution in [3.05, 3.63) is 29.8 Å². The van der Waals surface area contributed by atoms with Crippen molar-refractivity contribution in [2.45, 2.75) is 17.4 Å². The normalized spacial score (nSPS) is 21.0. The van der Waals surface area contributed by atoms with Gasteiger partial charge in [0.2, 0.25) is 5.91 Å². The molecule has 0 radical (unpaired) electrons. The monoisotopic (exact) mass is 384 g/mol. The summed E-state index contributed by atoms with van der Waals surface area (Å²) in [6.07, 6.45) is 1.03. The van der Waals surface area contributed by atoms with Gasteiger partial charge in [-0.15, -0.1) is 24.2 Å². The molecule has 8 heteroatoms. The number of carbonyl (C=O) groups is 2. The summed E-state index contributed by atoms with van der Waals surface area (Å²) < 4.78 is 0.